The van der Waals surface area contributed by atoms with Crippen molar-refractivity contribution in [3.8, 4) is 0 Å². The molecule has 0 atom stereocenters. The lowest BCUT2D eigenvalue weighted by molar-refractivity contribution is -0.115. The van der Waals surface area contributed by atoms with Crippen LogP contribution in [-0.2, 0) is 21.1 Å². The van der Waals surface area contributed by atoms with Crippen molar-refractivity contribution in [3.05, 3.63) is 40.9 Å². The number of carbonyl (C=O) groups excluding carboxylic acids is 1. The summed E-state index contributed by atoms with van der Waals surface area (Å²) in [6, 6.07) is 6.40. The highest BCUT2D eigenvalue weighted by Crippen LogP contribution is 2.16. The highest BCUT2D eigenvalue weighted by molar-refractivity contribution is 7.91. The fourth-order valence-electron chi connectivity index (χ4n) is 1.74. The van der Waals surface area contributed by atoms with Crippen LogP contribution in [0.4, 0.5) is 5.13 Å². The predicted octanol–water partition coefficient (Wildman–Crippen LogP) is 2.43. The minimum absolute atomic E-state index is 0.0657. The van der Waals surface area contributed by atoms with Gasteiger partial charge in [0.2, 0.25) is 5.91 Å². The van der Waals surface area contributed by atoms with Crippen molar-refractivity contribution in [1.82, 2.24) is 4.98 Å². The lowest BCUT2D eigenvalue weighted by Gasteiger charge is -2.04. The second kappa shape index (κ2) is 6.36. The van der Waals surface area contributed by atoms with E-state index in [-0.39, 0.29) is 23.0 Å². The maximum Gasteiger partial charge on any atom is 0.230 e. The molecule has 0 aliphatic heterocycles. The number of hydrogen-bond donors (Lipinski definition) is 1. The van der Waals surface area contributed by atoms with Crippen LogP contribution in [0, 0.1) is 6.92 Å². The Morgan fingerprint density at radius 2 is 1.95 bits per heavy atom. The van der Waals surface area contributed by atoms with Crippen molar-refractivity contribution in [3.63, 3.8) is 0 Å². The van der Waals surface area contributed by atoms with E-state index in [1.807, 2.05) is 12.3 Å². The van der Waals surface area contributed by atoms with Crippen LogP contribution in [0.5, 0.6) is 0 Å². The van der Waals surface area contributed by atoms with E-state index in [0.717, 1.165) is 11.3 Å². The third-order valence-electron chi connectivity index (χ3n) is 2.89. The lowest BCUT2D eigenvalue weighted by Crippen LogP contribution is -2.14. The van der Waals surface area contributed by atoms with Crippen LogP contribution >= 0.6 is 11.3 Å². The molecule has 5 nitrogen and oxygen atoms in total. The van der Waals surface area contributed by atoms with Gasteiger partial charge in [0.1, 0.15) is 0 Å². The Kier molecular flexibility index (Phi) is 4.74. The van der Waals surface area contributed by atoms with Gasteiger partial charge in [0.25, 0.3) is 0 Å². The number of aromatic nitrogens is 1. The Bertz CT molecular complexity index is 734. The molecule has 0 saturated carbocycles. The van der Waals surface area contributed by atoms with Crippen molar-refractivity contribution in [2.75, 3.05) is 11.1 Å². The number of benzene rings is 1. The molecule has 1 heterocycles. The van der Waals surface area contributed by atoms with Crippen LogP contribution in [0.25, 0.3) is 0 Å². The number of thiazole rings is 1. The van der Waals surface area contributed by atoms with Crippen LogP contribution < -0.4 is 5.32 Å². The average molecular weight is 324 g/mol. The zero-order valence-corrected chi connectivity index (χ0v) is 13.4. The van der Waals surface area contributed by atoms with Crippen molar-refractivity contribution < 1.29 is 13.2 Å². The van der Waals surface area contributed by atoms with Gasteiger partial charge < -0.3 is 5.32 Å². The molecule has 112 valence electrons. The van der Waals surface area contributed by atoms with Gasteiger partial charge in [0, 0.05) is 5.38 Å². The molecule has 0 radical (unpaired) electrons. The van der Waals surface area contributed by atoms with E-state index in [9.17, 15) is 13.2 Å². The molecule has 1 N–H and O–H groups in total. The third kappa shape index (κ3) is 4.12. The number of hydrogen-bond acceptors (Lipinski definition) is 5. The molecule has 0 aliphatic carbocycles. The quantitative estimate of drug-likeness (QED) is 0.916. The summed E-state index contributed by atoms with van der Waals surface area (Å²) in [6.45, 7) is 3.46. The standard InChI is InChI=1S/C14H16N2O3S2/c1-3-21(18,19)12-6-4-11(5-7-12)8-13(17)16-14-15-10(2)9-20-14/h4-7,9H,3,8H2,1-2H3,(H,15,16,17). The molecule has 1 aromatic heterocycles. The van der Waals surface area contributed by atoms with Crippen molar-refractivity contribution in [2.24, 2.45) is 0 Å². The SMILES string of the molecule is CCS(=O)(=O)c1ccc(CC(=O)Nc2nc(C)cs2)cc1. The van der Waals surface area contributed by atoms with E-state index in [0.29, 0.717) is 5.13 Å². The van der Waals surface area contributed by atoms with E-state index in [1.54, 1.807) is 19.1 Å². The molecule has 0 saturated heterocycles. The van der Waals surface area contributed by atoms with Crippen LogP contribution in [0.3, 0.4) is 0 Å². The monoisotopic (exact) mass is 324 g/mol. The Morgan fingerprint density at radius 1 is 1.29 bits per heavy atom. The molecule has 0 spiro atoms. The molecule has 2 rings (SSSR count). The summed E-state index contributed by atoms with van der Waals surface area (Å²) >= 11 is 1.37. The molecular formula is C14H16N2O3S2. The van der Waals surface area contributed by atoms with Crippen molar-refractivity contribution >= 4 is 32.2 Å². The highest BCUT2D eigenvalue weighted by atomic mass is 32.2. The van der Waals surface area contributed by atoms with Crippen molar-refractivity contribution in [2.45, 2.75) is 25.2 Å². The molecule has 1 aromatic carbocycles. The summed E-state index contributed by atoms with van der Waals surface area (Å²) < 4.78 is 23.4. The van der Waals surface area contributed by atoms with E-state index in [4.69, 9.17) is 0 Å². The van der Waals surface area contributed by atoms with E-state index < -0.39 is 9.84 Å². The number of nitrogens with one attached hydrogen (secondary N) is 1. The Hall–Kier alpha value is -1.73. The van der Waals surface area contributed by atoms with Gasteiger partial charge in [0.15, 0.2) is 15.0 Å². The normalized spacial score (nSPS) is 11.3. The van der Waals surface area contributed by atoms with E-state index in [2.05, 4.69) is 10.3 Å². The maximum absolute atomic E-state index is 11.9. The molecule has 0 fully saturated rings. The summed E-state index contributed by atoms with van der Waals surface area (Å²) in [5, 5.41) is 5.15. The predicted molar refractivity (Wildman–Crippen MR) is 83.4 cm³/mol. The van der Waals surface area contributed by atoms with Crippen LogP contribution in [0.15, 0.2) is 34.5 Å². The van der Waals surface area contributed by atoms with Gasteiger partial charge in [-0.15, -0.1) is 11.3 Å². The Labute approximate surface area is 128 Å². The van der Waals surface area contributed by atoms with Crippen LogP contribution in [0.2, 0.25) is 0 Å². The molecule has 0 aliphatic rings. The first-order valence-electron chi connectivity index (χ1n) is 6.44. The largest absolute Gasteiger partial charge is 0.302 e. The highest BCUT2D eigenvalue weighted by Gasteiger charge is 2.12. The summed E-state index contributed by atoms with van der Waals surface area (Å²) in [5.41, 5.74) is 1.63. The minimum atomic E-state index is -3.20. The minimum Gasteiger partial charge on any atom is -0.302 e. The number of anilines is 1. The smallest absolute Gasteiger partial charge is 0.230 e. The molecule has 0 bridgehead atoms. The van der Waals surface area contributed by atoms with Crippen LogP contribution in [0.1, 0.15) is 18.2 Å². The molecule has 0 unspecified atom stereocenters. The number of rotatable bonds is 5. The maximum atomic E-state index is 11.9. The first-order chi connectivity index (χ1) is 9.90. The summed E-state index contributed by atoms with van der Waals surface area (Å²) in [4.78, 5) is 16.3. The second-order valence-electron chi connectivity index (χ2n) is 4.57. The first kappa shape index (κ1) is 15.7. The summed E-state index contributed by atoms with van der Waals surface area (Å²) in [7, 11) is -3.20. The van der Waals surface area contributed by atoms with E-state index in [1.165, 1.54) is 23.5 Å². The fourth-order valence-corrected chi connectivity index (χ4v) is 3.33. The van der Waals surface area contributed by atoms with Crippen molar-refractivity contribution in [1.29, 1.82) is 0 Å². The zero-order valence-electron chi connectivity index (χ0n) is 11.8. The number of amides is 1. The Balaban J connectivity index is 2.02. The molecule has 7 heteroatoms. The topological polar surface area (TPSA) is 76.1 Å². The third-order valence-corrected chi connectivity index (χ3v) is 5.52. The van der Waals surface area contributed by atoms with Gasteiger partial charge in [-0.1, -0.05) is 19.1 Å². The summed E-state index contributed by atoms with van der Waals surface area (Å²) in [6.07, 6.45) is 0.186. The second-order valence-corrected chi connectivity index (χ2v) is 7.70. The molecule has 1 amide bonds. The first-order valence-corrected chi connectivity index (χ1v) is 8.97. The number of nitrogens with zero attached hydrogens (tertiary/aromatic N) is 1. The van der Waals surface area contributed by atoms with Gasteiger partial charge in [-0.05, 0) is 24.6 Å². The van der Waals surface area contributed by atoms with Crippen LogP contribution in [-0.4, -0.2) is 25.1 Å². The van der Waals surface area contributed by atoms with Gasteiger partial charge in [-0.3, -0.25) is 4.79 Å². The van der Waals surface area contributed by atoms with Gasteiger partial charge in [-0.2, -0.15) is 0 Å². The van der Waals surface area contributed by atoms with E-state index >= 15 is 0 Å². The number of sulfone groups is 1. The number of carbonyl (C=O) groups is 1. The molecule has 21 heavy (non-hydrogen) atoms. The molecule has 2 aromatic rings. The summed E-state index contributed by atoms with van der Waals surface area (Å²) in [5.74, 6) is -0.105. The number of aryl methyl sites for hydroxylation is 1. The molecular weight excluding hydrogens is 308 g/mol. The fraction of sp³-hybridized carbons (Fsp3) is 0.286. The van der Waals surface area contributed by atoms with Gasteiger partial charge in [0.05, 0.1) is 22.8 Å². The lowest BCUT2D eigenvalue weighted by atomic mass is 10.1. The van der Waals surface area contributed by atoms with Gasteiger partial charge in [-0.25, -0.2) is 13.4 Å². The zero-order chi connectivity index (χ0) is 15.5. The average Bonchev–Trinajstić information content (AvgIpc) is 2.84. The van der Waals surface area contributed by atoms with Gasteiger partial charge >= 0.3 is 0 Å². The Morgan fingerprint density at radius 3 is 2.48 bits per heavy atom.